The zero-order valence-corrected chi connectivity index (χ0v) is 39.5. The number of nitrogens with zero attached hydrogens (tertiary/aromatic N) is 5. The van der Waals surface area contributed by atoms with Crippen molar-refractivity contribution >= 4 is 72.6 Å². The van der Waals surface area contributed by atoms with Gasteiger partial charge in [0.1, 0.15) is 22.7 Å². The van der Waals surface area contributed by atoms with Crippen molar-refractivity contribution < 1.29 is 36.0 Å². The summed E-state index contributed by atoms with van der Waals surface area (Å²) in [5.41, 5.74) is 3.80. The first-order valence-corrected chi connectivity index (χ1v) is 24.8. The van der Waals surface area contributed by atoms with Gasteiger partial charge in [0.25, 0.3) is 21.6 Å². The molecule has 1 amide bonds. The van der Waals surface area contributed by atoms with Crippen molar-refractivity contribution in [3.8, 4) is 5.88 Å². The number of pyridine rings is 1. The number of ether oxygens (including phenoxy) is 1. The Kier molecular flexibility index (Phi) is 12.9. The molecule has 0 atom stereocenters. The van der Waals surface area contributed by atoms with E-state index in [4.69, 9.17) is 21.3 Å². The van der Waals surface area contributed by atoms with Gasteiger partial charge in [0.15, 0.2) is 0 Å². The minimum Gasteiger partial charge on any atom is -0.476 e. The van der Waals surface area contributed by atoms with Gasteiger partial charge >= 0.3 is 0 Å². The molecule has 360 valence electrons. The van der Waals surface area contributed by atoms with E-state index in [0.717, 1.165) is 68.2 Å². The van der Waals surface area contributed by atoms with Gasteiger partial charge in [-0.05, 0) is 110 Å². The molecular formula is C49H54ClF3N8O6S. The minimum absolute atomic E-state index is 0.0268. The van der Waals surface area contributed by atoms with Crippen molar-refractivity contribution in [2.75, 3.05) is 67.5 Å². The third-order valence-electron chi connectivity index (χ3n) is 13.8. The van der Waals surface area contributed by atoms with E-state index in [2.05, 4.69) is 50.8 Å². The first kappa shape index (κ1) is 47.2. The molecule has 0 radical (unpaired) electrons. The predicted octanol–water partition coefficient (Wildman–Crippen LogP) is 10.3. The Balaban J connectivity index is 0.978. The molecule has 1 saturated carbocycles. The van der Waals surface area contributed by atoms with Crippen LogP contribution in [-0.4, -0.2) is 98.1 Å². The fourth-order valence-corrected chi connectivity index (χ4v) is 10.9. The number of halogens is 4. The molecule has 19 heteroatoms. The molecule has 4 aliphatic rings. The number of sulfonamides is 1. The molecule has 2 aromatic heterocycles. The number of aromatic amines is 1. The highest BCUT2D eigenvalue weighted by atomic mass is 35.5. The van der Waals surface area contributed by atoms with Crippen LogP contribution in [0, 0.1) is 15.5 Å². The first-order chi connectivity index (χ1) is 32.3. The quantitative estimate of drug-likeness (QED) is 0.0805. The summed E-state index contributed by atoms with van der Waals surface area (Å²) in [4.78, 5) is 39.6. The van der Waals surface area contributed by atoms with Gasteiger partial charge < -0.3 is 24.8 Å². The Morgan fingerprint density at radius 3 is 2.41 bits per heavy atom. The maximum Gasteiger partial charge on any atom is 0.293 e. The maximum absolute atomic E-state index is 15.4. The SMILES string of the molecule is CC1(C)CCC(CN2CCN(c3ccc(C(=O)NS(=O)(=O)c4ccc(NCC5(F)CCC(F)(F)CC5)c([N+](=O)[O-])c4)c(N4CCCOc5nc6[nH]ccc6cc54)c3)CC2)=C(c2ccc(Cl)cc2)C1. The number of hydrogen-bond donors (Lipinski definition) is 3. The molecule has 3 N–H and O–H groups in total. The van der Waals surface area contributed by atoms with Gasteiger partial charge in [-0.1, -0.05) is 43.2 Å². The third kappa shape index (κ3) is 10.3. The van der Waals surface area contributed by atoms with Crippen LogP contribution in [0.15, 0.2) is 89.5 Å². The smallest absolute Gasteiger partial charge is 0.293 e. The van der Waals surface area contributed by atoms with Crippen LogP contribution in [0.25, 0.3) is 16.6 Å². The molecule has 4 heterocycles. The van der Waals surface area contributed by atoms with E-state index in [-0.39, 0.29) is 16.7 Å². The summed E-state index contributed by atoms with van der Waals surface area (Å²) < 4.78 is 79.0. The number of alkyl halides is 3. The molecule has 5 aromatic rings. The normalized spacial score (nSPS) is 19.5. The van der Waals surface area contributed by atoms with Crippen LogP contribution < -0.4 is 24.6 Å². The number of rotatable bonds is 12. The lowest BCUT2D eigenvalue weighted by Crippen LogP contribution is -2.47. The van der Waals surface area contributed by atoms with Gasteiger partial charge in [0.05, 0.1) is 27.7 Å². The topological polar surface area (TPSA) is 166 Å². The van der Waals surface area contributed by atoms with Crippen molar-refractivity contribution in [2.45, 2.75) is 81.7 Å². The molecule has 2 aliphatic heterocycles. The summed E-state index contributed by atoms with van der Waals surface area (Å²) in [6.07, 6.45) is 3.26. The second kappa shape index (κ2) is 18.6. The van der Waals surface area contributed by atoms with Crippen molar-refractivity contribution in [3.05, 3.63) is 111 Å². The number of carbonyl (C=O) groups excluding carboxylic acids is 1. The van der Waals surface area contributed by atoms with Crippen LogP contribution in [0.3, 0.4) is 0 Å². The zero-order chi connectivity index (χ0) is 48.0. The molecule has 9 rings (SSSR count). The lowest BCUT2D eigenvalue weighted by molar-refractivity contribution is -0.384. The lowest BCUT2D eigenvalue weighted by atomic mass is 9.72. The van der Waals surface area contributed by atoms with E-state index in [0.29, 0.717) is 60.6 Å². The van der Waals surface area contributed by atoms with Crippen LogP contribution in [0.4, 0.5) is 41.6 Å². The summed E-state index contributed by atoms with van der Waals surface area (Å²) >= 11 is 6.26. The number of anilines is 4. The fraction of sp³-hybridized carbons (Fsp3) is 0.429. The Morgan fingerprint density at radius 1 is 0.926 bits per heavy atom. The van der Waals surface area contributed by atoms with Gasteiger partial charge in [-0.15, -0.1) is 0 Å². The fourth-order valence-electron chi connectivity index (χ4n) is 9.75. The minimum atomic E-state index is -4.73. The molecule has 2 aliphatic carbocycles. The Bertz CT molecular complexity index is 2880. The lowest BCUT2D eigenvalue weighted by Gasteiger charge is -2.39. The first-order valence-electron chi connectivity index (χ1n) is 23.0. The Hall–Kier alpha value is -5.85. The van der Waals surface area contributed by atoms with Crippen LogP contribution in [0.5, 0.6) is 5.88 Å². The van der Waals surface area contributed by atoms with Crippen LogP contribution >= 0.6 is 11.6 Å². The molecule has 14 nitrogen and oxygen atoms in total. The van der Waals surface area contributed by atoms with Gasteiger partial charge in [0.2, 0.25) is 11.8 Å². The number of nitrogens with one attached hydrogen (secondary N) is 3. The number of aromatic nitrogens is 2. The summed E-state index contributed by atoms with van der Waals surface area (Å²) in [6, 6.07) is 20.1. The number of nitro benzene ring substituents is 1. The summed E-state index contributed by atoms with van der Waals surface area (Å²) in [5.74, 6) is -3.61. The number of carbonyl (C=O) groups is 1. The van der Waals surface area contributed by atoms with Crippen LogP contribution in [0.1, 0.15) is 81.1 Å². The van der Waals surface area contributed by atoms with E-state index in [1.54, 1.807) is 18.3 Å². The second-order valence-electron chi connectivity index (χ2n) is 19.2. The highest BCUT2D eigenvalue weighted by molar-refractivity contribution is 7.90. The molecule has 0 unspecified atom stereocenters. The monoisotopic (exact) mass is 974 g/mol. The standard InChI is InChI=1S/C49H54ClF3N8O6S/c1-47(2)14-12-34(39(29-47)32-4-6-35(50)7-5-32)30-58-21-23-59(24-22-58)36-8-10-38(41(27-36)60-20-3-25-67-46-43(60)26-33-13-19-54-44(33)56-46)45(62)57-68(65,66)37-9-11-40(42(28-37)61(63)64)55-31-48(51)15-17-49(52,53)18-16-48/h4-11,13,19,26-28,55H,3,12,14-18,20-25,29-31H2,1-2H3,(H,54,56)(H,57,62). The van der Waals surface area contributed by atoms with E-state index in [1.807, 2.05) is 35.2 Å². The molecule has 0 spiro atoms. The Labute approximate surface area is 398 Å². The number of benzene rings is 3. The molecule has 3 aromatic carbocycles. The van der Waals surface area contributed by atoms with Crippen molar-refractivity contribution in [1.82, 2.24) is 19.6 Å². The largest absolute Gasteiger partial charge is 0.476 e. The van der Waals surface area contributed by atoms with Gasteiger partial charge in [-0.2, -0.15) is 4.98 Å². The summed E-state index contributed by atoms with van der Waals surface area (Å²) in [7, 11) is -4.73. The van der Waals surface area contributed by atoms with E-state index < -0.39 is 75.3 Å². The van der Waals surface area contributed by atoms with E-state index in [1.165, 1.54) is 16.7 Å². The number of hydrogen-bond acceptors (Lipinski definition) is 11. The Morgan fingerprint density at radius 2 is 1.68 bits per heavy atom. The number of amides is 1. The molecule has 68 heavy (non-hydrogen) atoms. The number of piperazine rings is 1. The van der Waals surface area contributed by atoms with Crippen molar-refractivity contribution in [1.29, 1.82) is 0 Å². The average molecular weight is 976 g/mol. The molecule has 1 saturated heterocycles. The maximum atomic E-state index is 15.4. The average Bonchev–Trinajstić information content (AvgIpc) is 3.67. The van der Waals surface area contributed by atoms with E-state index in [9.17, 15) is 32.1 Å². The number of fused-ring (bicyclic) bond motifs is 2. The summed E-state index contributed by atoms with van der Waals surface area (Å²) in [5, 5.41) is 16.3. The highest BCUT2D eigenvalue weighted by Gasteiger charge is 2.44. The second-order valence-corrected chi connectivity index (χ2v) is 21.3. The predicted molar refractivity (Wildman–Crippen MR) is 258 cm³/mol. The third-order valence-corrected chi connectivity index (χ3v) is 15.3. The van der Waals surface area contributed by atoms with Gasteiger partial charge in [-0.3, -0.25) is 19.8 Å². The number of H-pyrrole nitrogens is 1. The van der Waals surface area contributed by atoms with Gasteiger partial charge in [0, 0.05) is 87.0 Å². The molecule has 0 bridgehead atoms. The van der Waals surface area contributed by atoms with Crippen LogP contribution in [-0.2, 0) is 10.0 Å². The van der Waals surface area contributed by atoms with Gasteiger partial charge in [-0.25, -0.2) is 26.3 Å². The van der Waals surface area contributed by atoms with Crippen molar-refractivity contribution in [3.63, 3.8) is 0 Å². The summed E-state index contributed by atoms with van der Waals surface area (Å²) in [6.45, 7) is 8.75. The van der Waals surface area contributed by atoms with E-state index >= 15 is 4.39 Å². The van der Waals surface area contributed by atoms with Crippen LogP contribution in [0.2, 0.25) is 5.02 Å². The van der Waals surface area contributed by atoms with Crippen molar-refractivity contribution in [2.24, 2.45) is 5.41 Å². The molecule has 2 fully saturated rings. The molecular weight excluding hydrogens is 921 g/mol. The number of nitro groups is 1. The zero-order valence-electron chi connectivity index (χ0n) is 37.9. The number of allylic oxidation sites excluding steroid dienone is 1. The highest BCUT2D eigenvalue weighted by Crippen LogP contribution is 2.45.